The van der Waals surface area contributed by atoms with Crippen LogP contribution in [0.5, 0.6) is 5.75 Å². The average molecular weight is 658 g/mol. The smallest absolute Gasteiger partial charge is 0.338 e. The molecular formula is C30H23BrCl2N2O4S. The fourth-order valence-corrected chi connectivity index (χ4v) is 6.18. The molecule has 0 spiro atoms. The summed E-state index contributed by atoms with van der Waals surface area (Å²) < 4.78 is 14.4. The monoisotopic (exact) mass is 656 g/mol. The Bertz CT molecular complexity index is 1810. The van der Waals surface area contributed by atoms with Gasteiger partial charge in [0.25, 0.3) is 5.56 Å². The maximum atomic E-state index is 13.9. The Kier molecular flexibility index (Phi) is 8.61. The van der Waals surface area contributed by atoms with Crippen LogP contribution >= 0.6 is 50.5 Å². The lowest BCUT2D eigenvalue weighted by Crippen LogP contribution is -2.39. The van der Waals surface area contributed by atoms with E-state index in [9.17, 15) is 9.59 Å². The summed E-state index contributed by atoms with van der Waals surface area (Å²) in [4.78, 5) is 32.1. The summed E-state index contributed by atoms with van der Waals surface area (Å²) >= 11 is 17.1. The van der Waals surface area contributed by atoms with Crippen LogP contribution < -0.4 is 19.6 Å². The number of carbonyl (C=O) groups excluding carboxylic acids is 1. The molecule has 0 radical (unpaired) electrons. The van der Waals surface area contributed by atoms with Crippen molar-refractivity contribution in [3.8, 4) is 5.75 Å². The molecule has 0 amide bonds. The van der Waals surface area contributed by atoms with Gasteiger partial charge in [0.15, 0.2) is 4.80 Å². The minimum absolute atomic E-state index is 0.213. The van der Waals surface area contributed by atoms with Crippen LogP contribution in [0, 0.1) is 0 Å². The zero-order valence-corrected chi connectivity index (χ0v) is 25.4. The molecule has 0 N–H and O–H groups in total. The van der Waals surface area contributed by atoms with Crippen molar-refractivity contribution in [2.24, 2.45) is 4.99 Å². The summed E-state index contributed by atoms with van der Waals surface area (Å²) in [6.45, 7) is 3.96. The van der Waals surface area contributed by atoms with Crippen molar-refractivity contribution < 1.29 is 14.3 Å². The molecule has 4 aromatic rings. The van der Waals surface area contributed by atoms with Crippen molar-refractivity contribution >= 4 is 62.5 Å². The van der Waals surface area contributed by atoms with Gasteiger partial charge in [0, 0.05) is 25.6 Å². The molecular weight excluding hydrogens is 635 g/mol. The van der Waals surface area contributed by atoms with Crippen LogP contribution in [-0.2, 0) is 16.1 Å². The van der Waals surface area contributed by atoms with Gasteiger partial charge in [0.2, 0.25) is 0 Å². The highest BCUT2D eigenvalue weighted by Crippen LogP contribution is 2.31. The fraction of sp³-hybridized carbons (Fsp3) is 0.167. The van der Waals surface area contributed by atoms with Crippen molar-refractivity contribution in [2.45, 2.75) is 26.5 Å². The van der Waals surface area contributed by atoms with E-state index in [1.165, 1.54) is 11.3 Å². The molecule has 1 aliphatic heterocycles. The molecule has 204 valence electrons. The number of ether oxygens (including phenoxy) is 2. The minimum Gasteiger partial charge on any atom is -0.488 e. The number of fused-ring (bicyclic) bond motifs is 1. The molecule has 0 bridgehead atoms. The van der Waals surface area contributed by atoms with Gasteiger partial charge >= 0.3 is 5.97 Å². The van der Waals surface area contributed by atoms with Crippen LogP contribution in [0.4, 0.5) is 0 Å². The number of para-hydroxylation sites is 1. The van der Waals surface area contributed by atoms with E-state index in [2.05, 4.69) is 20.9 Å². The summed E-state index contributed by atoms with van der Waals surface area (Å²) in [6, 6.07) is 19.5. The molecule has 3 aromatic carbocycles. The Balaban J connectivity index is 1.59. The first-order valence-electron chi connectivity index (χ1n) is 12.4. The second-order valence-electron chi connectivity index (χ2n) is 8.92. The van der Waals surface area contributed by atoms with Gasteiger partial charge in [-0.25, -0.2) is 9.79 Å². The van der Waals surface area contributed by atoms with Crippen molar-refractivity contribution in [3.63, 3.8) is 0 Å². The van der Waals surface area contributed by atoms with Crippen LogP contribution in [0.15, 0.2) is 92.3 Å². The van der Waals surface area contributed by atoms with E-state index in [0.717, 1.165) is 21.2 Å². The van der Waals surface area contributed by atoms with Crippen LogP contribution in [0.1, 0.15) is 36.6 Å². The van der Waals surface area contributed by atoms with Crippen molar-refractivity contribution in [3.05, 3.63) is 129 Å². The Morgan fingerprint density at radius 1 is 1.12 bits per heavy atom. The van der Waals surface area contributed by atoms with E-state index in [4.69, 9.17) is 32.7 Å². The summed E-state index contributed by atoms with van der Waals surface area (Å²) in [7, 11) is 0. The predicted octanol–water partition coefficient (Wildman–Crippen LogP) is 6.45. The molecule has 0 saturated heterocycles. The molecule has 5 rings (SSSR count). The standard InChI is InChI=1S/C30H23BrCl2N2O4S/c1-3-38-29(37)26-17(2)34-30-35(27(26)18-8-11-21(31)12-9-18)28(36)25(40-30)14-19-6-4-5-7-24(19)39-16-20-10-13-22(32)15-23(20)33/h4-15,27H,3,16H2,1-2H3/b25-14-/t27-/m1/s1. The van der Waals surface area contributed by atoms with Crippen LogP contribution in [0.3, 0.4) is 0 Å². The number of hydrogen-bond acceptors (Lipinski definition) is 6. The van der Waals surface area contributed by atoms with Gasteiger partial charge in [-0.3, -0.25) is 9.36 Å². The quantitative estimate of drug-likeness (QED) is 0.214. The van der Waals surface area contributed by atoms with E-state index >= 15 is 0 Å². The third-order valence-electron chi connectivity index (χ3n) is 6.31. The van der Waals surface area contributed by atoms with Crippen LogP contribution in [0.2, 0.25) is 10.0 Å². The van der Waals surface area contributed by atoms with Gasteiger partial charge in [-0.1, -0.05) is 86.9 Å². The number of aromatic nitrogens is 1. The van der Waals surface area contributed by atoms with Crippen LogP contribution in [0.25, 0.3) is 6.08 Å². The largest absolute Gasteiger partial charge is 0.488 e. The van der Waals surface area contributed by atoms with Gasteiger partial charge in [-0.15, -0.1) is 0 Å². The number of allylic oxidation sites excluding steroid dienone is 1. The normalized spacial score (nSPS) is 15.0. The van der Waals surface area contributed by atoms with E-state index in [1.54, 1.807) is 36.6 Å². The average Bonchev–Trinajstić information content (AvgIpc) is 3.23. The molecule has 0 saturated carbocycles. The Labute approximate surface area is 252 Å². The van der Waals surface area contributed by atoms with E-state index < -0.39 is 12.0 Å². The summed E-state index contributed by atoms with van der Waals surface area (Å²) in [6.07, 6.45) is 1.78. The summed E-state index contributed by atoms with van der Waals surface area (Å²) in [5.74, 6) is 0.0951. The van der Waals surface area contributed by atoms with Crippen molar-refractivity contribution in [1.29, 1.82) is 0 Å². The van der Waals surface area contributed by atoms with Gasteiger partial charge < -0.3 is 9.47 Å². The molecule has 1 atom stereocenters. The molecule has 0 unspecified atom stereocenters. The number of rotatable bonds is 7. The number of carbonyl (C=O) groups is 1. The Morgan fingerprint density at radius 2 is 1.88 bits per heavy atom. The number of halogens is 3. The second-order valence-corrected chi connectivity index (χ2v) is 11.7. The Morgan fingerprint density at radius 3 is 2.60 bits per heavy atom. The summed E-state index contributed by atoms with van der Waals surface area (Å²) in [5, 5.41) is 1.06. The second kappa shape index (κ2) is 12.1. The SMILES string of the molecule is CCOC(=O)C1=C(C)N=c2s/c(=C\c3ccccc3OCc3ccc(Cl)cc3Cl)c(=O)n2[C@@H]1c1ccc(Br)cc1. The van der Waals surface area contributed by atoms with E-state index in [-0.39, 0.29) is 18.8 Å². The molecule has 0 aliphatic carbocycles. The number of hydrogen-bond donors (Lipinski definition) is 0. The number of thiazole rings is 1. The first kappa shape index (κ1) is 28.4. The number of nitrogens with zero attached hydrogens (tertiary/aromatic N) is 2. The molecule has 6 nitrogen and oxygen atoms in total. The summed E-state index contributed by atoms with van der Waals surface area (Å²) in [5.41, 5.74) is 2.88. The molecule has 1 aromatic heterocycles. The van der Waals surface area contributed by atoms with E-state index in [0.29, 0.717) is 36.4 Å². The first-order valence-corrected chi connectivity index (χ1v) is 14.7. The Hall–Kier alpha value is -3.17. The highest BCUT2D eigenvalue weighted by Gasteiger charge is 2.33. The molecule has 2 heterocycles. The molecule has 10 heteroatoms. The molecule has 40 heavy (non-hydrogen) atoms. The zero-order valence-electron chi connectivity index (χ0n) is 21.5. The maximum absolute atomic E-state index is 13.9. The van der Waals surface area contributed by atoms with Gasteiger partial charge in [0.1, 0.15) is 12.4 Å². The zero-order chi connectivity index (χ0) is 28.4. The molecule has 1 aliphatic rings. The van der Waals surface area contributed by atoms with E-state index in [1.807, 2.05) is 54.6 Å². The fourth-order valence-electron chi connectivity index (χ4n) is 4.42. The third kappa shape index (κ3) is 5.81. The van der Waals surface area contributed by atoms with Gasteiger partial charge in [-0.2, -0.15) is 0 Å². The lowest BCUT2D eigenvalue weighted by Gasteiger charge is -2.24. The van der Waals surface area contributed by atoms with Crippen molar-refractivity contribution in [2.75, 3.05) is 6.61 Å². The van der Waals surface area contributed by atoms with Crippen LogP contribution in [-0.4, -0.2) is 17.1 Å². The topological polar surface area (TPSA) is 69.9 Å². The highest BCUT2D eigenvalue weighted by molar-refractivity contribution is 9.10. The number of benzene rings is 3. The molecule has 0 fully saturated rings. The lowest BCUT2D eigenvalue weighted by atomic mass is 9.96. The lowest BCUT2D eigenvalue weighted by molar-refractivity contribution is -0.139. The maximum Gasteiger partial charge on any atom is 0.338 e. The highest BCUT2D eigenvalue weighted by atomic mass is 79.9. The van der Waals surface area contributed by atoms with Gasteiger partial charge in [0.05, 0.1) is 28.5 Å². The first-order chi connectivity index (χ1) is 19.3. The minimum atomic E-state index is -0.677. The number of esters is 1. The third-order valence-corrected chi connectivity index (χ3v) is 8.41. The van der Waals surface area contributed by atoms with Crippen molar-refractivity contribution in [1.82, 2.24) is 4.57 Å². The predicted molar refractivity (Wildman–Crippen MR) is 162 cm³/mol. The van der Waals surface area contributed by atoms with Gasteiger partial charge in [-0.05, 0) is 55.8 Å².